The first-order valence-corrected chi connectivity index (χ1v) is 3.77. The van der Waals surface area contributed by atoms with Crippen LogP contribution >= 0.6 is 0 Å². The summed E-state index contributed by atoms with van der Waals surface area (Å²) in [4.78, 5) is 19.2. The van der Waals surface area contributed by atoms with Gasteiger partial charge in [0.05, 0.1) is 15.9 Å². The van der Waals surface area contributed by atoms with Gasteiger partial charge in [0.25, 0.3) is 5.69 Å². The first-order valence-electron chi connectivity index (χ1n) is 3.77. The molecule has 0 aromatic heterocycles. The van der Waals surface area contributed by atoms with Crippen molar-refractivity contribution in [2.24, 2.45) is 0 Å². The number of nitro groups is 2. The van der Waals surface area contributed by atoms with Crippen molar-refractivity contribution in [2.75, 3.05) is 5.54 Å². The minimum absolute atomic E-state index is 0.0957. The molecule has 0 fully saturated rings. The van der Waals surface area contributed by atoms with Gasteiger partial charge in [-0.05, 0) is 12.5 Å². The number of rotatable bonds is 3. The van der Waals surface area contributed by atoms with Crippen molar-refractivity contribution in [1.29, 1.82) is 0 Å². The molecule has 0 unspecified atom stereocenters. The number of benzene rings is 1. The van der Waals surface area contributed by atoms with Crippen LogP contribution in [0.25, 0.3) is 0 Å². The van der Waals surface area contributed by atoms with Gasteiger partial charge in [-0.15, -0.1) is 4.48 Å². The van der Waals surface area contributed by atoms with Gasteiger partial charge < -0.3 is 0 Å². The Hall–Kier alpha value is -2.25. The Bertz CT molecular complexity index is 434. The van der Waals surface area contributed by atoms with Crippen molar-refractivity contribution >= 4 is 17.1 Å². The van der Waals surface area contributed by atoms with Crippen molar-refractivity contribution in [3.05, 3.63) is 37.9 Å². The molecule has 80 valence electrons. The molecule has 7 nitrogen and oxygen atoms in total. The van der Waals surface area contributed by atoms with Crippen LogP contribution in [-0.4, -0.2) is 9.85 Å². The van der Waals surface area contributed by atoms with Crippen molar-refractivity contribution in [3.8, 4) is 0 Å². The van der Waals surface area contributed by atoms with Gasteiger partial charge in [0.2, 0.25) is 0 Å². The largest absolute Gasteiger partial charge is 0.302 e. The second-order valence-corrected chi connectivity index (χ2v) is 2.77. The SMILES string of the molecule is Cc1cc([N+](=O)[O-])cc([N+](=O)[O-])c1NF. The van der Waals surface area contributed by atoms with E-state index >= 15 is 0 Å². The molecule has 1 rings (SSSR count). The molecule has 1 aromatic carbocycles. The molecule has 0 bridgehead atoms. The highest BCUT2D eigenvalue weighted by Crippen LogP contribution is 2.32. The zero-order valence-electron chi connectivity index (χ0n) is 7.56. The monoisotopic (exact) mass is 215 g/mol. The van der Waals surface area contributed by atoms with Crippen LogP contribution in [0.4, 0.5) is 21.5 Å². The van der Waals surface area contributed by atoms with E-state index in [-0.39, 0.29) is 11.3 Å². The Morgan fingerprint density at radius 1 is 1.27 bits per heavy atom. The van der Waals surface area contributed by atoms with E-state index in [9.17, 15) is 24.7 Å². The quantitative estimate of drug-likeness (QED) is 0.473. The van der Waals surface area contributed by atoms with E-state index in [4.69, 9.17) is 0 Å². The summed E-state index contributed by atoms with van der Waals surface area (Å²) in [7, 11) is 0. The molecule has 0 aliphatic heterocycles. The zero-order valence-corrected chi connectivity index (χ0v) is 7.56. The minimum Gasteiger partial charge on any atom is -0.258 e. The number of hydrogen-bond acceptors (Lipinski definition) is 5. The lowest BCUT2D eigenvalue weighted by molar-refractivity contribution is -0.393. The van der Waals surface area contributed by atoms with E-state index < -0.39 is 21.2 Å². The average molecular weight is 215 g/mol. The number of nitro benzene ring substituents is 2. The molecule has 1 aromatic rings. The van der Waals surface area contributed by atoms with Crippen LogP contribution in [-0.2, 0) is 0 Å². The van der Waals surface area contributed by atoms with Gasteiger partial charge in [0.15, 0.2) is 0 Å². The number of nitrogens with one attached hydrogen (secondary N) is 1. The number of nitrogens with zero attached hydrogens (tertiary/aromatic N) is 2. The van der Waals surface area contributed by atoms with Crippen molar-refractivity contribution in [3.63, 3.8) is 0 Å². The summed E-state index contributed by atoms with van der Waals surface area (Å²) in [5, 5.41) is 20.9. The fourth-order valence-electron chi connectivity index (χ4n) is 1.12. The normalized spacial score (nSPS) is 9.73. The predicted molar refractivity (Wildman–Crippen MR) is 49.2 cm³/mol. The summed E-state index contributed by atoms with van der Waals surface area (Å²) in [5.74, 6) is 0. The van der Waals surface area contributed by atoms with Crippen molar-refractivity contribution in [1.82, 2.24) is 0 Å². The highest BCUT2D eigenvalue weighted by Gasteiger charge is 2.22. The number of anilines is 1. The van der Waals surface area contributed by atoms with Crippen LogP contribution in [0.3, 0.4) is 0 Å². The summed E-state index contributed by atoms with van der Waals surface area (Å²) >= 11 is 0. The van der Waals surface area contributed by atoms with Crippen LogP contribution < -0.4 is 5.54 Å². The molecule has 0 aliphatic rings. The van der Waals surface area contributed by atoms with E-state index in [1.807, 2.05) is 0 Å². The summed E-state index contributed by atoms with van der Waals surface area (Å²) in [6.07, 6.45) is 0. The Morgan fingerprint density at radius 2 is 1.87 bits per heavy atom. The number of hydrogen-bond donors (Lipinski definition) is 1. The Morgan fingerprint density at radius 3 is 2.27 bits per heavy atom. The van der Waals surface area contributed by atoms with Crippen molar-refractivity contribution in [2.45, 2.75) is 6.92 Å². The molecule has 8 heteroatoms. The maximum absolute atomic E-state index is 12.2. The summed E-state index contributed by atoms with van der Waals surface area (Å²) in [6, 6.07) is 1.75. The fourth-order valence-corrected chi connectivity index (χ4v) is 1.12. The highest BCUT2D eigenvalue weighted by atomic mass is 19.2. The second kappa shape index (κ2) is 3.86. The molecule has 0 heterocycles. The standard InChI is InChI=1S/C7H6FN3O4/c1-4-2-5(10(12)13)3-6(11(14)15)7(4)9-8/h2-3,9H,1H3. The fraction of sp³-hybridized carbons (Fsp3) is 0.143. The Balaban J connectivity index is 3.45. The summed E-state index contributed by atoms with van der Waals surface area (Å²) in [6.45, 7) is 1.34. The second-order valence-electron chi connectivity index (χ2n) is 2.77. The Labute approximate surface area is 82.8 Å². The zero-order chi connectivity index (χ0) is 11.6. The molecule has 15 heavy (non-hydrogen) atoms. The van der Waals surface area contributed by atoms with E-state index in [1.165, 1.54) is 6.92 Å². The van der Waals surface area contributed by atoms with Crippen LogP contribution in [0.2, 0.25) is 0 Å². The lowest BCUT2D eigenvalue weighted by Gasteiger charge is -2.02. The van der Waals surface area contributed by atoms with Gasteiger partial charge >= 0.3 is 5.69 Å². The molecule has 0 radical (unpaired) electrons. The van der Waals surface area contributed by atoms with E-state index in [0.717, 1.165) is 11.6 Å². The number of aryl methyl sites for hydroxylation is 1. The third-order valence-corrected chi connectivity index (χ3v) is 1.80. The number of halogens is 1. The van der Waals surface area contributed by atoms with Gasteiger partial charge in [0.1, 0.15) is 5.69 Å². The van der Waals surface area contributed by atoms with Crippen LogP contribution in [0, 0.1) is 27.2 Å². The molecule has 0 saturated carbocycles. The molecule has 0 atom stereocenters. The molecule has 0 saturated heterocycles. The predicted octanol–water partition coefficient (Wildman–Crippen LogP) is 2.11. The van der Waals surface area contributed by atoms with Gasteiger partial charge in [-0.2, -0.15) is 0 Å². The van der Waals surface area contributed by atoms with Crippen LogP contribution in [0.15, 0.2) is 12.1 Å². The summed E-state index contributed by atoms with van der Waals surface area (Å²) < 4.78 is 12.2. The van der Waals surface area contributed by atoms with E-state index in [2.05, 4.69) is 0 Å². The van der Waals surface area contributed by atoms with Gasteiger partial charge in [-0.1, -0.05) is 0 Å². The minimum atomic E-state index is -0.887. The molecular weight excluding hydrogens is 209 g/mol. The first-order chi connectivity index (χ1) is 6.97. The molecular formula is C7H6FN3O4. The maximum Gasteiger partial charge on any atom is 0.302 e. The summed E-state index contributed by atoms with van der Waals surface area (Å²) in [5.41, 5.74) is -0.236. The number of non-ortho nitro benzene ring substituents is 1. The molecule has 1 N–H and O–H groups in total. The third-order valence-electron chi connectivity index (χ3n) is 1.80. The molecule has 0 amide bonds. The lowest BCUT2D eigenvalue weighted by atomic mass is 10.1. The maximum atomic E-state index is 12.2. The topological polar surface area (TPSA) is 98.3 Å². The average Bonchev–Trinajstić information content (AvgIpc) is 2.16. The molecule has 0 spiro atoms. The van der Waals surface area contributed by atoms with Gasteiger partial charge in [0, 0.05) is 6.07 Å². The van der Waals surface area contributed by atoms with E-state index in [1.54, 1.807) is 0 Å². The first kappa shape index (κ1) is 10.8. The molecule has 0 aliphatic carbocycles. The smallest absolute Gasteiger partial charge is 0.258 e. The Kier molecular flexibility index (Phi) is 2.79. The highest BCUT2D eigenvalue weighted by molar-refractivity contribution is 5.68. The lowest BCUT2D eigenvalue weighted by Crippen LogP contribution is -1.98. The van der Waals surface area contributed by atoms with E-state index in [0.29, 0.717) is 6.07 Å². The third kappa shape index (κ3) is 1.98. The van der Waals surface area contributed by atoms with Crippen LogP contribution in [0.1, 0.15) is 5.56 Å². The van der Waals surface area contributed by atoms with Gasteiger partial charge in [-0.25, -0.2) is 5.54 Å². The van der Waals surface area contributed by atoms with Crippen molar-refractivity contribution < 1.29 is 14.3 Å². The van der Waals surface area contributed by atoms with Gasteiger partial charge in [-0.3, -0.25) is 20.2 Å². The van der Waals surface area contributed by atoms with Crippen LogP contribution in [0.5, 0.6) is 0 Å².